The Morgan fingerprint density at radius 3 is 2.81 bits per heavy atom. The molecule has 0 saturated heterocycles. The van der Waals surface area contributed by atoms with E-state index < -0.39 is 0 Å². The Labute approximate surface area is 180 Å². The van der Waals surface area contributed by atoms with Crippen molar-refractivity contribution in [2.45, 2.75) is 20.0 Å². The molecule has 0 fully saturated rings. The van der Waals surface area contributed by atoms with E-state index in [0.29, 0.717) is 19.0 Å². The van der Waals surface area contributed by atoms with Crippen LogP contribution in [0.25, 0.3) is 10.8 Å². The Hall–Kier alpha value is -2.07. The van der Waals surface area contributed by atoms with Gasteiger partial charge < -0.3 is 19.8 Å². The zero-order chi connectivity index (χ0) is 18.2. The van der Waals surface area contributed by atoms with E-state index in [1.54, 1.807) is 24.7 Å². The Kier molecular flexibility index (Phi) is 8.59. The van der Waals surface area contributed by atoms with E-state index in [4.69, 9.17) is 9.15 Å². The number of thiophene rings is 1. The molecule has 8 heteroatoms. The fourth-order valence-corrected chi connectivity index (χ4v) is 3.07. The molecule has 3 rings (SSSR count). The van der Waals surface area contributed by atoms with Gasteiger partial charge in [-0.1, -0.05) is 24.3 Å². The van der Waals surface area contributed by atoms with Gasteiger partial charge in [0.05, 0.1) is 30.8 Å². The lowest BCUT2D eigenvalue weighted by Crippen LogP contribution is -2.36. The summed E-state index contributed by atoms with van der Waals surface area (Å²) in [6.07, 6.45) is 1.67. The number of benzene rings is 1. The monoisotopic (exact) mass is 498 g/mol. The molecule has 0 atom stereocenters. The third-order valence-corrected chi connectivity index (χ3v) is 4.52. The number of aliphatic imine (C=N–C) groups is 1. The maximum Gasteiger partial charge on any atom is 0.236 e. The predicted octanol–water partition coefficient (Wildman–Crippen LogP) is 4.29. The van der Waals surface area contributed by atoms with Gasteiger partial charge in [0, 0.05) is 12.1 Å². The number of oxazole rings is 1. The molecule has 2 N–H and O–H groups in total. The van der Waals surface area contributed by atoms with Crippen molar-refractivity contribution in [3.8, 4) is 16.5 Å². The van der Waals surface area contributed by atoms with Crippen LogP contribution in [0.5, 0.6) is 5.75 Å². The maximum absolute atomic E-state index is 5.54. The van der Waals surface area contributed by atoms with Gasteiger partial charge in [0.1, 0.15) is 12.0 Å². The van der Waals surface area contributed by atoms with Gasteiger partial charge in [0.25, 0.3) is 0 Å². The molecule has 0 bridgehead atoms. The average molecular weight is 498 g/mol. The lowest BCUT2D eigenvalue weighted by atomic mass is 10.2. The Morgan fingerprint density at radius 2 is 2.07 bits per heavy atom. The number of guanidine groups is 1. The number of halogens is 1. The zero-order valence-corrected chi connectivity index (χ0v) is 18.4. The minimum atomic E-state index is 0. The van der Waals surface area contributed by atoms with Crippen LogP contribution in [-0.2, 0) is 13.1 Å². The molecule has 3 aromatic rings. The summed E-state index contributed by atoms with van der Waals surface area (Å²) >= 11 is 1.61. The molecule has 6 nitrogen and oxygen atoms in total. The van der Waals surface area contributed by atoms with Gasteiger partial charge in [0.2, 0.25) is 5.89 Å². The molecular weight excluding hydrogens is 475 g/mol. The molecule has 2 heterocycles. The molecule has 1 aromatic carbocycles. The molecule has 27 heavy (non-hydrogen) atoms. The summed E-state index contributed by atoms with van der Waals surface area (Å²) in [5.41, 5.74) is 1.87. The lowest BCUT2D eigenvalue weighted by Gasteiger charge is -2.11. The molecule has 144 valence electrons. The summed E-state index contributed by atoms with van der Waals surface area (Å²) in [4.78, 5) is 10.2. The molecule has 2 aromatic heterocycles. The third kappa shape index (κ3) is 5.96. The molecule has 0 aliphatic heterocycles. The standard InChI is InChI=1S/C19H22N4O2S.HI/c1-3-20-19(21-11-14-7-4-5-8-16(14)24-2)22-12-15-13-25-18(23-15)17-9-6-10-26-17;/h4-10,13H,3,11-12H2,1-2H3,(H2,20,21,22);1H. The highest BCUT2D eigenvalue weighted by atomic mass is 127. The lowest BCUT2D eigenvalue weighted by molar-refractivity contribution is 0.410. The fraction of sp³-hybridized carbons (Fsp3) is 0.263. The van der Waals surface area contributed by atoms with E-state index in [9.17, 15) is 0 Å². The average Bonchev–Trinajstić information content (AvgIpc) is 3.35. The normalized spacial score (nSPS) is 11.0. The van der Waals surface area contributed by atoms with E-state index in [-0.39, 0.29) is 24.0 Å². The van der Waals surface area contributed by atoms with Gasteiger partial charge >= 0.3 is 0 Å². The molecular formula is C19H23IN4O2S. The van der Waals surface area contributed by atoms with Crippen LogP contribution in [0.2, 0.25) is 0 Å². The van der Waals surface area contributed by atoms with Crippen LogP contribution in [0.3, 0.4) is 0 Å². The van der Waals surface area contributed by atoms with Crippen LogP contribution in [0, 0.1) is 0 Å². The fourth-order valence-electron chi connectivity index (χ4n) is 2.42. The van der Waals surface area contributed by atoms with Crippen LogP contribution in [-0.4, -0.2) is 24.6 Å². The van der Waals surface area contributed by atoms with Gasteiger partial charge in [-0.25, -0.2) is 9.98 Å². The third-order valence-electron chi connectivity index (χ3n) is 3.66. The first-order valence-electron chi connectivity index (χ1n) is 8.42. The number of ether oxygens (including phenoxy) is 1. The van der Waals surface area contributed by atoms with E-state index in [1.165, 1.54) is 0 Å². The van der Waals surface area contributed by atoms with Gasteiger partial charge in [-0.2, -0.15) is 0 Å². The largest absolute Gasteiger partial charge is 0.496 e. The molecule has 0 amide bonds. The summed E-state index contributed by atoms with van der Waals surface area (Å²) in [6, 6.07) is 11.9. The number of rotatable bonds is 7. The Bertz CT molecular complexity index is 849. The smallest absolute Gasteiger partial charge is 0.236 e. The molecule has 0 spiro atoms. The van der Waals surface area contributed by atoms with E-state index in [2.05, 4.69) is 20.6 Å². The molecule has 0 aliphatic carbocycles. The predicted molar refractivity (Wildman–Crippen MR) is 120 cm³/mol. The number of nitrogens with zero attached hydrogens (tertiary/aromatic N) is 2. The zero-order valence-electron chi connectivity index (χ0n) is 15.3. The summed E-state index contributed by atoms with van der Waals surface area (Å²) in [5, 5.41) is 8.52. The quantitative estimate of drug-likeness (QED) is 0.289. The van der Waals surface area contributed by atoms with Gasteiger partial charge in [-0.3, -0.25) is 0 Å². The van der Waals surface area contributed by atoms with Crippen molar-refractivity contribution in [2.24, 2.45) is 4.99 Å². The van der Waals surface area contributed by atoms with E-state index in [1.807, 2.05) is 48.7 Å². The summed E-state index contributed by atoms with van der Waals surface area (Å²) in [5.74, 6) is 2.20. The van der Waals surface area contributed by atoms with Crippen molar-refractivity contribution in [1.29, 1.82) is 0 Å². The van der Waals surface area contributed by atoms with Crippen molar-refractivity contribution < 1.29 is 9.15 Å². The number of aromatic nitrogens is 1. The van der Waals surface area contributed by atoms with Crippen LogP contribution in [0.1, 0.15) is 18.2 Å². The van der Waals surface area contributed by atoms with Crippen LogP contribution in [0.15, 0.2) is 57.5 Å². The van der Waals surface area contributed by atoms with E-state index in [0.717, 1.165) is 34.4 Å². The van der Waals surface area contributed by atoms with Gasteiger partial charge in [-0.15, -0.1) is 35.3 Å². The van der Waals surface area contributed by atoms with Gasteiger partial charge in [0.15, 0.2) is 5.96 Å². The Morgan fingerprint density at radius 1 is 1.22 bits per heavy atom. The highest BCUT2D eigenvalue weighted by molar-refractivity contribution is 14.0. The minimum absolute atomic E-state index is 0. The van der Waals surface area contributed by atoms with Crippen molar-refractivity contribution in [2.75, 3.05) is 13.7 Å². The Balaban J connectivity index is 0.00000261. The minimum Gasteiger partial charge on any atom is -0.496 e. The molecule has 0 saturated carbocycles. The number of hydrogen-bond acceptors (Lipinski definition) is 5. The van der Waals surface area contributed by atoms with Crippen LogP contribution in [0.4, 0.5) is 0 Å². The van der Waals surface area contributed by atoms with Gasteiger partial charge in [-0.05, 0) is 24.4 Å². The maximum atomic E-state index is 5.54. The summed E-state index contributed by atoms with van der Waals surface area (Å²) in [6.45, 7) is 3.87. The number of hydrogen-bond donors (Lipinski definition) is 2. The van der Waals surface area contributed by atoms with Crippen molar-refractivity contribution in [1.82, 2.24) is 15.6 Å². The van der Waals surface area contributed by atoms with Crippen molar-refractivity contribution in [3.63, 3.8) is 0 Å². The molecule has 0 aliphatic rings. The van der Waals surface area contributed by atoms with Crippen molar-refractivity contribution >= 4 is 41.3 Å². The van der Waals surface area contributed by atoms with Crippen molar-refractivity contribution in [3.05, 3.63) is 59.3 Å². The SMILES string of the molecule is CCNC(=NCc1ccccc1OC)NCc1coc(-c2cccs2)n1.I. The summed E-state index contributed by atoms with van der Waals surface area (Å²) < 4.78 is 10.9. The second-order valence-electron chi connectivity index (χ2n) is 5.48. The summed E-state index contributed by atoms with van der Waals surface area (Å²) in [7, 11) is 1.67. The second-order valence-corrected chi connectivity index (χ2v) is 6.43. The highest BCUT2D eigenvalue weighted by Crippen LogP contribution is 2.23. The molecule has 0 radical (unpaired) electrons. The van der Waals surface area contributed by atoms with E-state index >= 15 is 0 Å². The van der Waals surface area contributed by atoms with Crippen LogP contribution < -0.4 is 15.4 Å². The first kappa shape index (κ1) is 21.2. The first-order valence-corrected chi connectivity index (χ1v) is 9.30. The first-order chi connectivity index (χ1) is 12.8. The number of nitrogens with one attached hydrogen (secondary N) is 2. The van der Waals surface area contributed by atoms with Crippen LogP contribution >= 0.6 is 35.3 Å². The number of para-hydroxylation sites is 1. The highest BCUT2D eigenvalue weighted by Gasteiger charge is 2.08. The molecule has 0 unspecified atom stereocenters. The second kappa shape index (κ2) is 10.9. The topological polar surface area (TPSA) is 71.7 Å². The number of methoxy groups -OCH3 is 1.